The van der Waals surface area contributed by atoms with Crippen LogP contribution in [0.15, 0.2) is 0 Å². The first-order valence-corrected chi connectivity index (χ1v) is 6.17. The summed E-state index contributed by atoms with van der Waals surface area (Å²) >= 11 is 0. The molecule has 1 rings (SSSR count). The van der Waals surface area contributed by atoms with Crippen LogP contribution in [0.5, 0.6) is 0 Å². The number of carbonyl (C=O) groups is 4. The van der Waals surface area contributed by atoms with E-state index < -0.39 is 35.9 Å². The molecule has 20 heavy (non-hydrogen) atoms. The van der Waals surface area contributed by atoms with Gasteiger partial charge < -0.3 is 26.8 Å². The van der Waals surface area contributed by atoms with Crippen molar-refractivity contribution in [3.63, 3.8) is 0 Å². The number of hydrogen-bond acceptors (Lipinski definition) is 5. The highest BCUT2D eigenvalue weighted by molar-refractivity contribution is 5.94. The maximum atomic E-state index is 11.6. The number of carboxylic acids is 1. The average Bonchev–Trinajstić information content (AvgIpc) is 2.39. The number of aliphatic carboxylic acids is 1. The van der Waals surface area contributed by atoms with Crippen LogP contribution in [0.4, 0.5) is 0 Å². The molecule has 9 nitrogen and oxygen atoms in total. The van der Waals surface area contributed by atoms with Crippen molar-refractivity contribution >= 4 is 23.7 Å². The number of hydrogen-bond donors (Lipinski definition) is 5. The van der Waals surface area contributed by atoms with Gasteiger partial charge in [-0.2, -0.15) is 0 Å². The molecule has 0 aliphatic carbocycles. The monoisotopic (exact) mass is 286 g/mol. The summed E-state index contributed by atoms with van der Waals surface area (Å²) in [6.45, 7) is 1.85. The van der Waals surface area contributed by atoms with E-state index in [2.05, 4.69) is 16.0 Å². The average molecular weight is 286 g/mol. The molecule has 1 aliphatic rings. The summed E-state index contributed by atoms with van der Waals surface area (Å²) in [6.07, 6.45) is -0.102. The van der Waals surface area contributed by atoms with Gasteiger partial charge in [0.25, 0.3) is 0 Å². The molecule has 1 heterocycles. The largest absolute Gasteiger partial charge is 0.480 e. The van der Waals surface area contributed by atoms with E-state index in [1.165, 1.54) is 6.92 Å². The number of β-lactam (4-membered cyclic amide) rings is 1. The number of carboxylic acid groups (broad SMARTS) is 1. The Labute approximate surface area is 115 Å². The molecular formula is C11H18N4O5. The number of nitrogens with one attached hydrogen (secondary N) is 3. The lowest BCUT2D eigenvalue weighted by molar-refractivity contribution is -0.138. The van der Waals surface area contributed by atoms with Crippen LogP contribution in [0, 0.1) is 0 Å². The molecule has 1 fully saturated rings. The van der Waals surface area contributed by atoms with Gasteiger partial charge in [0.15, 0.2) is 0 Å². The summed E-state index contributed by atoms with van der Waals surface area (Å²) in [6, 6.07) is -2.47. The second kappa shape index (κ2) is 6.85. The van der Waals surface area contributed by atoms with Crippen LogP contribution >= 0.6 is 0 Å². The minimum absolute atomic E-state index is 0.0134. The minimum atomic E-state index is -1.18. The Balaban J connectivity index is 2.28. The van der Waals surface area contributed by atoms with Crippen molar-refractivity contribution in [2.75, 3.05) is 6.54 Å². The van der Waals surface area contributed by atoms with Crippen LogP contribution in [0.1, 0.15) is 19.8 Å². The Morgan fingerprint density at radius 1 is 1.50 bits per heavy atom. The normalized spacial score (nSPS) is 20.1. The van der Waals surface area contributed by atoms with Crippen molar-refractivity contribution in [3.8, 4) is 0 Å². The molecule has 0 radical (unpaired) electrons. The van der Waals surface area contributed by atoms with Crippen LogP contribution < -0.4 is 21.7 Å². The molecule has 9 heteroatoms. The van der Waals surface area contributed by atoms with Gasteiger partial charge in [-0.15, -0.1) is 0 Å². The molecule has 1 aliphatic heterocycles. The third-order valence-corrected chi connectivity index (χ3v) is 2.88. The fourth-order valence-corrected chi connectivity index (χ4v) is 1.49. The molecule has 0 unspecified atom stereocenters. The van der Waals surface area contributed by atoms with Crippen molar-refractivity contribution in [1.82, 2.24) is 16.0 Å². The molecule has 0 saturated carbocycles. The highest BCUT2D eigenvalue weighted by atomic mass is 16.4. The lowest BCUT2D eigenvalue weighted by atomic mass is 10.1. The first kappa shape index (κ1) is 15.9. The summed E-state index contributed by atoms with van der Waals surface area (Å²) in [7, 11) is 0. The van der Waals surface area contributed by atoms with Gasteiger partial charge in [0.05, 0.1) is 0 Å². The number of nitrogens with two attached hydrogens (primary N) is 1. The predicted molar refractivity (Wildman–Crippen MR) is 67.4 cm³/mol. The minimum Gasteiger partial charge on any atom is -0.480 e. The van der Waals surface area contributed by atoms with E-state index in [1.807, 2.05) is 0 Å². The van der Waals surface area contributed by atoms with Gasteiger partial charge in [0, 0.05) is 13.0 Å². The Morgan fingerprint density at radius 2 is 2.15 bits per heavy atom. The molecule has 3 atom stereocenters. The molecule has 6 N–H and O–H groups in total. The van der Waals surface area contributed by atoms with Gasteiger partial charge in [-0.1, -0.05) is 0 Å². The second-order valence-electron chi connectivity index (χ2n) is 4.58. The fourth-order valence-electron chi connectivity index (χ4n) is 1.49. The molecule has 3 amide bonds. The quantitative estimate of drug-likeness (QED) is 0.321. The van der Waals surface area contributed by atoms with Crippen LogP contribution in [-0.2, 0) is 19.2 Å². The zero-order chi connectivity index (χ0) is 15.3. The third kappa shape index (κ3) is 4.50. The van der Waals surface area contributed by atoms with Crippen molar-refractivity contribution in [3.05, 3.63) is 0 Å². The highest BCUT2D eigenvalue weighted by Gasteiger charge is 2.30. The standard InChI is InChI=1S/C11H18N4O5/c1-5(9(17)15-7-4-13-10(7)18)14-8(16)3-2-6(12)11(19)20/h5-7H,2-4,12H2,1H3,(H,13,18)(H,14,16)(H,15,17)(H,19,20)/t5-,6-,7+/m1/s1. The van der Waals surface area contributed by atoms with E-state index in [0.29, 0.717) is 6.54 Å². The number of carbonyl (C=O) groups excluding carboxylic acids is 3. The van der Waals surface area contributed by atoms with Gasteiger partial charge in [-0.05, 0) is 13.3 Å². The summed E-state index contributed by atoms with van der Waals surface area (Å²) in [5.41, 5.74) is 5.26. The van der Waals surface area contributed by atoms with E-state index in [-0.39, 0.29) is 18.7 Å². The fraction of sp³-hybridized carbons (Fsp3) is 0.636. The maximum absolute atomic E-state index is 11.6. The number of amides is 3. The Morgan fingerprint density at radius 3 is 2.60 bits per heavy atom. The summed E-state index contributed by atoms with van der Waals surface area (Å²) in [4.78, 5) is 44.6. The SMILES string of the molecule is C[C@@H](NC(=O)CC[C@@H](N)C(=O)O)C(=O)N[C@H]1CNC1=O. The Kier molecular flexibility index (Phi) is 5.44. The van der Waals surface area contributed by atoms with E-state index in [9.17, 15) is 19.2 Å². The van der Waals surface area contributed by atoms with E-state index in [4.69, 9.17) is 10.8 Å². The van der Waals surface area contributed by atoms with Gasteiger partial charge in [0.1, 0.15) is 18.1 Å². The van der Waals surface area contributed by atoms with Gasteiger partial charge >= 0.3 is 5.97 Å². The number of rotatable bonds is 7. The van der Waals surface area contributed by atoms with Gasteiger partial charge in [0.2, 0.25) is 17.7 Å². The molecular weight excluding hydrogens is 268 g/mol. The Hall–Kier alpha value is -2.16. The van der Waals surface area contributed by atoms with E-state index in [1.54, 1.807) is 0 Å². The smallest absolute Gasteiger partial charge is 0.320 e. The summed E-state index contributed by atoms with van der Waals surface area (Å²) < 4.78 is 0. The van der Waals surface area contributed by atoms with Crippen LogP contribution in [0.25, 0.3) is 0 Å². The second-order valence-corrected chi connectivity index (χ2v) is 4.58. The molecule has 0 bridgehead atoms. The predicted octanol–water partition coefficient (Wildman–Crippen LogP) is -2.70. The van der Waals surface area contributed by atoms with Crippen LogP contribution in [-0.4, -0.2) is 53.5 Å². The van der Waals surface area contributed by atoms with E-state index >= 15 is 0 Å². The lowest BCUT2D eigenvalue weighted by Crippen LogP contribution is -2.63. The third-order valence-electron chi connectivity index (χ3n) is 2.88. The van der Waals surface area contributed by atoms with Crippen molar-refractivity contribution < 1.29 is 24.3 Å². The maximum Gasteiger partial charge on any atom is 0.320 e. The summed E-state index contributed by atoms with van der Waals surface area (Å²) in [5, 5.41) is 15.9. The highest BCUT2D eigenvalue weighted by Crippen LogP contribution is 1.98. The van der Waals surface area contributed by atoms with Crippen molar-refractivity contribution in [2.24, 2.45) is 5.73 Å². The zero-order valence-electron chi connectivity index (χ0n) is 11.0. The van der Waals surface area contributed by atoms with Gasteiger partial charge in [-0.3, -0.25) is 19.2 Å². The van der Waals surface area contributed by atoms with Crippen LogP contribution in [0.3, 0.4) is 0 Å². The molecule has 0 aromatic carbocycles. The summed E-state index contributed by atoms with van der Waals surface area (Å²) in [5.74, 6) is -2.38. The van der Waals surface area contributed by atoms with E-state index in [0.717, 1.165) is 0 Å². The first-order chi connectivity index (χ1) is 9.31. The van der Waals surface area contributed by atoms with Crippen molar-refractivity contribution in [2.45, 2.75) is 37.9 Å². The molecule has 0 aromatic heterocycles. The van der Waals surface area contributed by atoms with Crippen molar-refractivity contribution in [1.29, 1.82) is 0 Å². The van der Waals surface area contributed by atoms with Crippen LogP contribution in [0.2, 0.25) is 0 Å². The molecule has 112 valence electrons. The zero-order valence-corrected chi connectivity index (χ0v) is 11.0. The molecule has 0 aromatic rings. The molecule has 1 saturated heterocycles. The Bertz CT molecular complexity index is 425. The molecule has 0 spiro atoms. The topological polar surface area (TPSA) is 151 Å². The lowest BCUT2D eigenvalue weighted by Gasteiger charge is -2.28. The van der Waals surface area contributed by atoms with Gasteiger partial charge in [-0.25, -0.2) is 0 Å². The first-order valence-electron chi connectivity index (χ1n) is 6.17.